The zero-order valence-corrected chi connectivity index (χ0v) is 17.7. The number of amides is 1. The molecule has 9 nitrogen and oxygen atoms in total. The number of alkyl halides is 3. The molecule has 3 rings (SSSR count). The normalized spacial score (nSPS) is 16.8. The Morgan fingerprint density at radius 3 is 2.39 bits per heavy atom. The van der Waals surface area contributed by atoms with Gasteiger partial charge >= 0.3 is 12.1 Å². The molecule has 0 radical (unpaired) electrons. The molecular formula is C18H22F3N3O6S. The fraction of sp³-hybridized carbons (Fsp3) is 0.611. The quantitative estimate of drug-likeness (QED) is 0.692. The van der Waals surface area contributed by atoms with Crippen molar-refractivity contribution in [1.82, 2.24) is 14.0 Å². The number of carbonyl (C=O) groups excluding carboxylic acids is 1. The van der Waals surface area contributed by atoms with E-state index < -0.39 is 48.0 Å². The van der Waals surface area contributed by atoms with Crippen molar-refractivity contribution in [1.29, 1.82) is 0 Å². The first-order chi connectivity index (χ1) is 14.4. The zero-order valence-electron chi connectivity index (χ0n) is 16.9. The molecule has 1 aliphatic rings. The Hall–Kier alpha value is -2.38. The van der Waals surface area contributed by atoms with Crippen LogP contribution in [0.5, 0.6) is 5.75 Å². The number of carbonyl (C=O) groups is 1. The summed E-state index contributed by atoms with van der Waals surface area (Å²) in [5.41, 5.74) is -2.60. The van der Waals surface area contributed by atoms with Crippen molar-refractivity contribution in [3.8, 4) is 5.75 Å². The molecule has 1 aliphatic heterocycles. The lowest BCUT2D eigenvalue weighted by molar-refractivity contribution is -0.325. The second-order valence-electron chi connectivity index (χ2n) is 7.53. The monoisotopic (exact) mass is 465 g/mol. The van der Waals surface area contributed by atoms with Crippen LogP contribution in [0.4, 0.5) is 13.2 Å². The first-order valence-corrected chi connectivity index (χ1v) is 10.4. The van der Waals surface area contributed by atoms with Gasteiger partial charge in [0.15, 0.2) is 5.75 Å². The van der Waals surface area contributed by atoms with Crippen LogP contribution in [0.2, 0.25) is 0 Å². The Bertz CT molecular complexity index is 1110. The van der Waals surface area contributed by atoms with E-state index in [1.54, 1.807) is 6.92 Å². The maximum atomic E-state index is 12.9. The molecule has 3 heterocycles. The number of hydrogen-bond donors (Lipinski definition) is 2. The number of likely N-dealkylation sites (tertiary alicyclic amines) is 1. The number of ether oxygens (including phenoxy) is 1. The van der Waals surface area contributed by atoms with Crippen LogP contribution in [0.25, 0.3) is 10.2 Å². The van der Waals surface area contributed by atoms with Gasteiger partial charge in [0.2, 0.25) is 0 Å². The number of piperidine rings is 1. The highest BCUT2D eigenvalue weighted by Crippen LogP contribution is 2.36. The van der Waals surface area contributed by atoms with E-state index in [1.165, 1.54) is 11.8 Å². The Labute approximate surface area is 177 Å². The summed E-state index contributed by atoms with van der Waals surface area (Å²) in [6.45, 7) is 2.11. The molecule has 1 fully saturated rings. The van der Waals surface area contributed by atoms with Crippen LogP contribution < -0.4 is 11.2 Å². The van der Waals surface area contributed by atoms with E-state index in [0.717, 1.165) is 9.13 Å². The molecule has 2 aromatic heterocycles. The number of aromatic nitrogens is 2. The Kier molecular flexibility index (Phi) is 6.22. The van der Waals surface area contributed by atoms with Crippen molar-refractivity contribution in [2.24, 2.45) is 0 Å². The molecule has 0 unspecified atom stereocenters. The van der Waals surface area contributed by atoms with Crippen LogP contribution in [-0.4, -0.2) is 61.8 Å². The molecule has 2 aromatic rings. The van der Waals surface area contributed by atoms with Crippen LogP contribution in [0.1, 0.15) is 36.4 Å². The van der Waals surface area contributed by atoms with E-state index >= 15 is 0 Å². The number of thiophene rings is 1. The third-order valence-electron chi connectivity index (χ3n) is 5.25. The first-order valence-electron chi connectivity index (χ1n) is 9.57. The van der Waals surface area contributed by atoms with Gasteiger partial charge in [0.05, 0.1) is 18.8 Å². The summed E-state index contributed by atoms with van der Waals surface area (Å²) in [5.74, 6) is -1.19. The van der Waals surface area contributed by atoms with Crippen LogP contribution in [0.3, 0.4) is 0 Å². The van der Waals surface area contributed by atoms with Crippen LogP contribution >= 0.6 is 11.3 Å². The van der Waals surface area contributed by atoms with Gasteiger partial charge in [-0.15, -0.1) is 24.5 Å². The van der Waals surface area contributed by atoms with E-state index in [9.17, 15) is 37.8 Å². The topological polar surface area (TPSA) is 114 Å². The fourth-order valence-electron chi connectivity index (χ4n) is 3.46. The van der Waals surface area contributed by atoms with Crippen molar-refractivity contribution >= 4 is 27.5 Å². The second kappa shape index (κ2) is 8.28. The van der Waals surface area contributed by atoms with Gasteiger partial charge in [0.25, 0.3) is 11.5 Å². The van der Waals surface area contributed by atoms with Gasteiger partial charge in [0.1, 0.15) is 15.1 Å². The predicted molar refractivity (Wildman–Crippen MR) is 105 cm³/mol. The summed E-state index contributed by atoms with van der Waals surface area (Å²) in [5, 5.41) is 20.4. The average molecular weight is 465 g/mol. The van der Waals surface area contributed by atoms with Gasteiger partial charge in [-0.05, 0) is 26.7 Å². The lowest BCUT2D eigenvalue weighted by Gasteiger charge is -2.35. The number of aliphatic hydroxyl groups is 1. The third-order valence-corrected chi connectivity index (χ3v) is 6.44. The number of halogens is 3. The molecule has 0 aliphatic carbocycles. The number of hydrogen-bond acceptors (Lipinski definition) is 7. The lowest BCUT2D eigenvalue weighted by atomic mass is 9.94. The van der Waals surface area contributed by atoms with Gasteiger partial charge in [-0.1, -0.05) is 0 Å². The maximum Gasteiger partial charge on any atom is 0.522 e. The van der Waals surface area contributed by atoms with Gasteiger partial charge in [-0.25, -0.2) is 4.79 Å². The zero-order chi connectivity index (χ0) is 23.1. The second-order valence-corrected chi connectivity index (χ2v) is 8.53. The van der Waals surface area contributed by atoms with Gasteiger partial charge in [-0.2, -0.15) is 0 Å². The summed E-state index contributed by atoms with van der Waals surface area (Å²) >= 11 is 0.667. The molecule has 0 atom stereocenters. The summed E-state index contributed by atoms with van der Waals surface area (Å²) in [6, 6.07) is 0. The molecular weight excluding hydrogens is 443 g/mol. The number of fused-ring (bicyclic) bond motifs is 1. The van der Waals surface area contributed by atoms with Gasteiger partial charge < -0.3 is 15.1 Å². The highest BCUT2D eigenvalue weighted by Gasteiger charge is 2.33. The molecule has 1 saturated heterocycles. The summed E-state index contributed by atoms with van der Waals surface area (Å²) in [6.07, 6.45) is -4.24. The molecule has 2 N–H and O–H groups in total. The van der Waals surface area contributed by atoms with Gasteiger partial charge in [-0.3, -0.25) is 23.5 Å². The van der Waals surface area contributed by atoms with Crippen molar-refractivity contribution in [3.05, 3.63) is 25.7 Å². The summed E-state index contributed by atoms with van der Waals surface area (Å²) < 4.78 is 42.4. The predicted octanol–water partition coefficient (Wildman–Crippen LogP) is 1.47. The minimum atomic E-state index is -4.89. The molecule has 31 heavy (non-hydrogen) atoms. The van der Waals surface area contributed by atoms with Crippen molar-refractivity contribution < 1.29 is 32.9 Å². The highest BCUT2D eigenvalue weighted by molar-refractivity contribution is 7.21. The maximum absolute atomic E-state index is 12.9. The van der Waals surface area contributed by atoms with E-state index in [2.05, 4.69) is 4.74 Å². The molecule has 0 saturated carbocycles. The van der Waals surface area contributed by atoms with Crippen LogP contribution in [-0.2, 0) is 17.8 Å². The van der Waals surface area contributed by atoms with Crippen LogP contribution in [0, 0.1) is 0 Å². The molecule has 172 valence electrons. The molecule has 0 spiro atoms. The fourth-order valence-corrected chi connectivity index (χ4v) is 4.63. The van der Waals surface area contributed by atoms with E-state index in [1.807, 2.05) is 0 Å². The number of rotatable bonds is 5. The number of nitrogens with zero attached hydrogens (tertiary/aromatic N) is 3. The SMILES string of the molecule is CCn1c(=O)c2c(O)c(C(=O)N3CCC(C)(O)CC3)sc2n(CCOC(F)(F)F)c1=O. The molecule has 13 heteroatoms. The van der Waals surface area contributed by atoms with Crippen molar-refractivity contribution in [2.45, 2.75) is 51.7 Å². The largest absolute Gasteiger partial charge is 0.522 e. The van der Waals surface area contributed by atoms with E-state index in [0.29, 0.717) is 24.2 Å². The third kappa shape index (κ3) is 4.62. The van der Waals surface area contributed by atoms with Gasteiger partial charge in [0, 0.05) is 19.6 Å². The van der Waals surface area contributed by atoms with Crippen molar-refractivity contribution in [3.63, 3.8) is 0 Å². The Balaban J connectivity index is 2.06. The minimum Gasteiger partial charge on any atom is -0.505 e. The van der Waals surface area contributed by atoms with Crippen LogP contribution in [0.15, 0.2) is 9.59 Å². The average Bonchev–Trinajstić information content (AvgIpc) is 3.01. The Morgan fingerprint density at radius 2 is 1.84 bits per heavy atom. The Morgan fingerprint density at radius 1 is 1.23 bits per heavy atom. The van der Waals surface area contributed by atoms with E-state index in [-0.39, 0.29) is 34.7 Å². The van der Waals surface area contributed by atoms with Crippen molar-refractivity contribution in [2.75, 3.05) is 19.7 Å². The summed E-state index contributed by atoms with van der Waals surface area (Å²) in [4.78, 5) is 39.4. The highest BCUT2D eigenvalue weighted by atomic mass is 32.1. The lowest BCUT2D eigenvalue weighted by Crippen LogP contribution is -2.44. The van der Waals surface area contributed by atoms with E-state index in [4.69, 9.17) is 0 Å². The number of aromatic hydroxyl groups is 1. The molecule has 0 aromatic carbocycles. The standard InChI is InChI=1S/C18H22F3N3O6S/c1-3-23-13(26)10-11(25)12(14(27)22-6-4-17(2,29)5-7-22)31-15(10)24(16(23)28)8-9-30-18(19,20)21/h25,29H,3-9H2,1-2H3. The molecule has 1 amide bonds. The first kappa shape index (κ1) is 23.3. The summed E-state index contributed by atoms with van der Waals surface area (Å²) in [7, 11) is 0. The smallest absolute Gasteiger partial charge is 0.505 e. The minimum absolute atomic E-state index is 0.0759. The molecule has 0 bridgehead atoms.